The standard InChI is InChI=1S/C12H21ClN4O/c1-4-7-17-12(18)11(13)10(9-15-17)14-6-8-16(3)5-2/h9,14H,4-8H2,1-3H3. The fourth-order valence-electron chi connectivity index (χ4n) is 1.50. The van der Waals surface area contributed by atoms with E-state index in [2.05, 4.69) is 22.2 Å². The Balaban J connectivity index is 2.68. The summed E-state index contributed by atoms with van der Waals surface area (Å²) in [5.41, 5.74) is 0.380. The topological polar surface area (TPSA) is 50.2 Å². The molecule has 0 radical (unpaired) electrons. The van der Waals surface area contributed by atoms with E-state index in [1.165, 1.54) is 4.68 Å². The van der Waals surface area contributed by atoms with Gasteiger partial charge in [-0.25, -0.2) is 4.68 Å². The smallest absolute Gasteiger partial charge is 0.287 e. The second kappa shape index (κ2) is 7.38. The molecule has 0 unspecified atom stereocenters. The number of aryl methyl sites for hydroxylation is 1. The van der Waals surface area contributed by atoms with Gasteiger partial charge in [0.1, 0.15) is 5.02 Å². The van der Waals surface area contributed by atoms with Crippen LogP contribution in [0.25, 0.3) is 0 Å². The Bertz CT molecular complexity index is 433. The maximum atomic E-state index is 11.9. The van der Waals surface area contributed by atoms with Crippen molar-refractivity contribution in [1.29, 1.82) is 0 Å². The lowest BCUT2D eigenvalue weighted by atomic mass is 10.4. The monoisotopic (exact) mass is 272 g/mol. The van der Waals surface area contributed by atoms with Gasteiger partial charge in [0.2, 0.25) is 0 Å². The summed E-state index contributed by atoms with van der Waals surface area (Å²) >= 11 is 6.03. The molecule has 0 aliphatic carbocycles. The lowest BCUT2D eigenvalue weighted by Gasteiger charge is -2.15. The second-order valence-corrected chi connectivity index (χ2v) is 4.60. The molecule has 0 bridgehead atoms. The lowest BCUT2D eigenvalue weighted by molar-refractivity contribution is 0.367. The third-order valence-electron chi connectivity index (χ3n) is 2.77. The minimum atomic E-state index is -0.229. The van der Waals surface area contributed by atoms with E-state index in [9.17, 15) is 4.79 Å². The van der Waals surface area contributed by atoms with Gasteiger partial charge in [0, 0.05) is 19.6 Å². The molecule has 0 aliphatic heterocycles. The van der Waals surface area contributed by atoms with Crippen LogP contribution in [0.15, 0.2) is 11.0 Å². The van der Waals surface area contributed by atoms with Gasteiger partial charge in [-0.1, -0.05) is 25.4 Å². The molecule has 1 N–H and O–H groups in total. The van der Waals surface area contributed by atoms with Crippen LogP contribution in [-0.2, 0) is 6.54 Å². The molecule has 1 heterocycles. The van der Waals surface area contributed by atoms with Crippen molar-refractivity contribution in [2.45, 2.75) is 26.8 Å². The molecule has 0 aliphatic rings. The summed E-state index contributed by atoms with van der Waals surface area (Å²) in [7, 11) is 2.04. The number of hydrogen-bond donors (Lipinski definition) is 1. The minimum Gasteiger partial charge on any atom is -0.381 e. The van der Waals surface area contributed by atoms with E-state index in [-0.39, 0.29) is 10.6 Å². The Morgan fingerprint density at radius 3 is 2.83 bits per heavy atom. The van der Waals surface area contributed by atoms with Crippen LogP contribution in [0, 0.1) is 0 Å². The van der Waals surface area contributed by atoms with Gasteiger partial charge in [-0.05, 0) is 20.0 Å². The number of halogens is 1. The third kappa shape index (κ3) is 3.99. The first-order valence-corrected chi connectivity index (χ1v) is 6.66. The Morgan fingerprint density at radius 1 is 1.50 bits per heavy atom. The molecule has 0 atom stereocenters. The molecule has 0 aromatic carbocycles. The number of aromatic nitrogens is 2. The van der Waals surface area contributed by atoms with Gasteiger partial charge >= 0.3 is 0 Å². The van der Waals surface area contributed by atoms with Crippen LogP contribution in [0.4, 0.5) is 5.69 Å². The summed E-state index contributed by atoms with van der Waals surface area (Å²) < 4.78 is 1.39. The van der Waals surface area contributed by atoms with Crippen LogP contribution >= 0.6 is 11.6 Å². The predicted molar refractivity (Wildman–Crippen MR) is 75.5 cm³/mol. The summed E-state index contributed by atoms with van der Waals surface area (Å²) in [5.74, 6) is 0. The van der Waals surface area contributed by atoms with E-state index >= 15 is 0 Å². The molecular formula is C12H21ClN4O. The summed E-state index contributed by atoms with van der Waals surface area (Å²) in [6, 6.07) is 0. The lowest BCUT2D eigenvalue weighted by Crippen LogP contribution is -2.27. The molecule has 0 spiro atoms. The first-order chi connectivity index (χ1) is 8.60. The molecule has 1 aromatic rings. The Hall–Kier alpha value is -1.07. The Labute approximate surface area is 113 Å². The molecule has 102 valence electrons. The van der Waals surface area contributed by atoms with Crippen molar-refractivity contribution in [3.63, 3.8) is 0 Å². The highest BCUT2D eigenvalue weighted by molar-refractivity contribution is 6.32. The molecule has 1 aromatic heterocycles. The molecule has 0 amide bonds. The number of rotatable bonds is 7. The van der Waals surface area contributed by atoms with Gasteiger partial charge in [0.25, 0.3) is 5.56 Å². The van der Waals surface area contributed by atoms with Crippen LogP contribution in [0.1, 0.15) is 20.3 Å². The largest absolute Gasteiger partial charge is 0.381 e. The molecule has 1 rings (SSSR count). The summed E-state index contributed by atoms with van der Waals surface area (Å²) in [4.78, 5) is 14.0. The van der Waals surface area contributed by atoms with E-state index in [0.29, 0.717) is 12.2 Å². The normalized spacial score (nSPS) is 10.9. The highest BCUT2D eigenvalue weighted by Gasteiger charge is 2.08. The van der Waals surface area contributed by atoms with E-state index in [4.69, 9.17) is 11.6 Å². The molecule has 6 heteroatoms. The molecule has 0 saturated carbocycles. The number of hydrogen-bond acceptors (Lipinski definition) is 4. The molecule has 5 nitrogen and oxygen atoms in total. The Morgan fingerprint density at radius 2 is 2.22 bits per heavy atom. The molecule has 0 saturated heterocycles. The van der Waals surface area contributed by atoms with Crippen molar-refractivity contribution >= 4 is 17.3 Å². The first-order valence-electron chi connectivity index (χ1n) is 6.28. The van der Waals surface area contributed by atoms with Crippen molar-refractivity contribution in [3.05, 3.63) is 21.6 Å². The van der Waals surface area contributed by atoms with Gasteiger partial charge in [0.05, 0.1) is 11.9 Å². The van der Waals surface area contributed by atoms with Gasteiger partial charge in [-0.15, -0.1) is 0 Å². The fraction of sp³-hybridized carbons (Fsp3) is 0.667. The highest BCUT2D eigenvalue weighted by atomic mass is 35.5. The van der Waals surface area contributed by atoms with Crippen molar-refractivity contribution in [3.8, 4) is 0 Å². The van der Waals surface area contributed by atoms with Crippen molar-refractivity contribution in [2.75, 3.05) is 32.0 Å². The van der Waals surface area contributed by atoms with Gasteiger partial charge < -0.3 is 10.2 Å². The number of nitrogens with zero attached hydrogens (tertiary/aromatic N) is 3. The van der Waals surface area contributed by atoms with Gasteiger partial charge in [0.15, 0.2) is 0 Å². The SMILES string of the molecule is CCCn1ncc(NCCN(C)CC)c(Cl)c1=O. The van der Waals surface area contributed by atoms with Crippen molar-refractivity contribution in [2.24, 2.45) is 0 Å². The summed E-state index contributed by atoms with van der Waals surface area (Å²) in [6.07, 6.45) is 2.47. The first kappa shape index (κ1) is 15.0. The molecular weight excluding hydrogens is 252 g/mol. The maximum Gasteiger partial charge on any atom is 0.287 e. The quantitative estimate of drug-likeness (QED) is 0.820. The van der Waals surface area contributed by atoms with Crippen LogP contribution < -0.4 is 10.9 Å². The average molecular weight is 273 g/mol. The van der Waals surface area contributed by atoms with E-state index < -0.39 is 0 Å². The third-order valence-corrected chi connectivity index (χ3v) is 3.13. The maximum absolute atomic E-state index is 11.9. The van der Waals surface area contributed by atoms with Crippen molar-refractivity contribution < 1.29 is 0 Å². The van der Waals surface area contributed by atoms with Crippen LogP contribution in [0.2, 0.25) is 5.02 Å². The zero-order valence-corrected chi connectivity index (χ0v) is 12.0. The van der Waals surface area contributed by atoms with E-state index in [0.717, 1.165) is 26.1 Å². The van der Waals surface area contributed by atoms with Crippen molar-refractivity contribution in [1.82, 2.24) is 14.7 Å². The second-order valence-electron chi connectivity index (χ2n) is 4.22. The van der Waals surface area contributed by atoms with Gasteiger partial charge in [-0.3, -0.25) is 4.79 Å². The highest BCUT2D eigenvalue weighted by Crippen LogP contribution is 2.14. The minimum absolute atomic E-state index is 0.220. The number of anilines is 1. The van der Waals surface area contributed by atoms with Gasteiger partial charge in [-0.2, -0.15) is 5.10 Å². The number of likely N-dealkylation sites (N-methyl/N-ethyl adjacent to an activating group) is 1. The molecule has 18 heavy (non-hydrogen) atoms. The van der Waals surface area contributed by atoms with Crippen LogP contribution in [-0.4, -0.2) is 41.4 Å². The fourth-order valence-corrected chi connectivity index (χ4v) is 1.71. The average Bonchev–Trinajstić information content (AvgIpc) is 2.37. The zero-order valence-electron chi connectivity index (χ0n) is 11.2. The van der Waals surface area contributed by atoms with Crippen LogP contribution in [0.3, 0.4) is 0 Å². The predicted octanol–water partition coefficient (Wildman–Crippen LogP) is 1.67. The van der Waals surface area contributed by atoms with E-state index in [1.54, 1.807) is 6.20 Å². The molecule has 0 fully saturated rings. The number of nitrogens with one attached hydrogen (secondary N) is 1. The van der Waals surface area contributed by atoms with Crippen LogP contribution in [0.5, 0.6) is 0 Å². The zero-order chi connectivity index (χ0) is 13.5. The summed E-state index contributed by atoms with van der Waals surface area (Å²) in [6.45, 7) is 7.31. The Kier molecular flexibility index (Phi) is 6.15. The van der Waals surface area contributed by atoms with E-state index in [1.807, 2.05) is 14.0 Å². The summed E-state index contributed by atoms with van der Waals surface area (Å²) in [5, 5.41) is 7.45.